The third-order valence-electron chi connectivity index (χ3n) is 6.16. The lowest BCUT2D eigenvalue weighted by Crippen LogP contribution is -2.46. The van der Waals surface area contributed by atoms with Gasteiger partial charge in [-0.2, -0.15) is 5.10 Å². The van der Waals surface area contributed by atoms with E-state index in [1.807, 2.05) is 70.7 Å². The second-order valence-corrected chi connectivity index (χ2v) is 10.1. The van der Waals surface area contributed by atoms with E-state index in [0.717, 1.165) is 65.2 Å². The Bertz CT molecular complexity index is 1370. The first-order valence-electron chi connectivity index (χ1n) is 12.2. The highest BCUT2D eigenvalue weighted by Gasteiger charge is 2.24. The molecule has 1 aliphatic rings. The van der Waals surface area contributed by atoms with Crippen LogP contribution in [0.1, 0.15) is 33.6 Å². The molecule has 186 valence electrons. The number of aryl methyl sites for hydroxylation is 1. The minimum absolute atomic E-state index is 0.105. The van der Waals surface area contributed by atoms with Gasteiger partial charge >= 0.3 is 6.09 Å². The predicted octanol–water partition coefficient (Wildman–Crippen LogP) is 4.59. The molecule has 5 rings (SSSR count). The van der Waals surface area contributed by atoms with Gasteiger partial charge in [0.25, 0.3) is 0 Å². The summed E-state index contributed by atoms with van der Waals surface area (Å²) in [5.41, 5.74) is 3.93. The highest BCUT2D eigenvalue weighted by atomic mass is 16.6. The van der Waals surface area contributed by atoms with Crippen molar-refractivity contribution >= 4 is 22.8 Å². The molecule has 1 amide bonds. The number of piperidine rings is 1. The SMILES string of the molecule is Cn1cc(-c2cc3ncccc3c(-c3ccc(N4CCC(NC(=O)OC(C)(C)C)CC4)nc3)n2)cn1. The summed E-state index contributed by atoms with van der Waals surface area (Å²) in [7, 11) is 1.89. The largest absolute Gasteiger partial charge is 0.444 e. The third-order valence-corrected chi connectivity index (χ3v) is 6.16. The van der Waals surface area contributed by atoms with Crippen LogP contribution in [0, 0.1) is 0 Å². The zero-order valence-corrected chi connectivity index (χ0v) is 21.1. The molecule has 0 aromatic carbocycles. The number of nitrogens with zero attached hydrogens (tertiary/aromatic N) is 6. The van der Waals surface area contributed by atoms with Crippen molar-refractivity contribution in [3.8, 4) is 22.5 Å². The Hall–Kier alpha value is -4.01. The molecule has 1 fully saturated rings. The number of fused-ring (bicyclic) bond motifs is 1. The monoisotopic (exact) mass is 485 g/mol. The number of nitrogens with one attached hydrogen (secondary N) is 1. The fraction of sp³-hybridized carbons (Fsp3) is 0.370. The summed E-state index contributed by atoms with van der Waals surface area (Å²) >= 11 is 0. The Labute approximate surface area is 210 Å². The second-order valence-electron chi connectivity index (χ2n) is 10.1. The lowest BCUT2D eigenvalue weighted by Gasteiger charge is -2.33. The molecule has 0 unspecified atom stereocenters. The molecule has 4 aromatic rings. The molecule has 0 bridgehead atoms. The Morgan fingerprint density at radius 2 is 1.89 bits per heavy atom. The van der Waals surface area contributed by atoms with Crippen molar-refractivity contribution in [3.63, 3.8) is 0 Å². The molecular weight excluding hydrogens is 454 g/mol. The van der Waals surface area contributed by atoms with Crippen molar-refractivity contribution in [2.75, 3.05) is 18.0 Å². The van der Waals surface area contributed by atoms with Gasteiger partial charge in [-0.25, -0.2) is 14.8 Å². The van der Waals surface area contributed by atoms with Crippen LogP contribution >= 0.6 is 0 Å². The van der Waals surface area contributed by atoms with Gasteiger partial charge in [-0.1, -0.05) is 0 Å². The van der Waals surface area contributed by atoms with Gasteiger partial charge in [0.1, 0.15) is 11.4 Å². The van der Waals surface area contributed by atoms with Crippen molar-refractivity contribution in [1.82, 2.24) is 30.0 Å². The van der Waals surface area contributed by atoms with Crippen LogP contribution < -0.4 is 10.2 Å². The number of carbonyl (C=O) groups is 1. The molecule has 36 heavy (non-hydrogen) atoms. The normalized spacial score (nSPS) is 14.7. The van der Waals surface area contributed by atoms with Crippen LogP contribution in [-0.2, 0) is 11.8 Å². The topological polar surface area (TPSA) is 98.1 Å². The number of hydrogen-bond acceptors (Lipinski definition) is 7. The first-order chi connectivity index (χ1) is 17.2. The third kappa shape index (κ3) is 5.30. The molecule has 0 saturated carbocycles. The Morgan fingerprint density at radius 1 is 1.08 bits per heavy atom. The van der Waals surface area contributed by atoms with E-state index in [0.29, 0.717) is 0 Å². The van der Waals surface area contributed by atoms with E-state index < -0.39 is 5.60 Å². The van der Waals surface area contributed by atoms with Crippen molar-refractivity contribution < 1.29 is 9.53 Å². The molecule has 9 nitrogen and oxygen atoms in total. The molecule has 0 radical (unpaired) electrons. The van der Waals surface area contributed by atoms with Gasteiger partial charge < -0.3 is 15.0 Å². The lowest BCUT2D eigenvalue weighted by molar-refractivity contribution is 0.0497. The Morgan fingerprint density at radius 3 is 2.56 bits per heavy atom. The Balaban J connectivity index is 1.32. The van der Waals surface area contributed by atoms with Crippen LogP contribution in [-0.4, -0.2) is 55.6 Å². The molecule has 0 spiro atoms. The second kappa shape index (κ2) is 9.56. The van der Waals surface area contributed by atoms with E-state index in [1.165, 1.54) is 0 Å². The van der Waals surface area contributed by atoms with E-state index >= 15 is 0 Å². The number of alkyl carbamates (subject to hydrolysis) is 1. The average Bonchev–Trinajstić information content (AvgIpc) is 3.29. The molecule has 4 aromatic heterocycles. The maximum absolute atomic E-state index is 12.1. The van der Waals surface area contributed by atoms with Crippen LogP contribution in [0.4, 0.5) is 10.6 Å². The molecule has 1 aliphatic heterocycles. The minimum atomic E-state index is -0.496. The first-order valence-corrected chi connectivity index (χ1v) is 12.2. The maximum atomic E-state index is 12.1. The summed E-state index contributed by atoms with van der Waals surface area (Å²) in [6, 6.07) is 10.2. The van der Waals surface area contributed by atoms with Gasteiger partial charge in [0.2, 0.25) is 0 Å². The number of anilines is 1. The molecule has 0 atom stereocenters. The summed E-state index contributed by atoms with van der Waals surface area (Å²) in [4.78, 5) is 28.6. The van der Waals surface area contributed by atoms with Crippen molar-refractivity contribution in [2.45, 2.75) is 45.3 Å². The molecule has 1 N–H and O–H groups in total. The number of carbonyl (C=O) groups excluding carboxylic acids is 1. The van der Waals surface area contributed by atoms with Crippen LogP contribution in [0.3, 0.4) is 0 Å². The number of pyridine rings is 3. The first kappa shape index (κ1) is 23.7. The van der Waals surface area contributed by atoms with Gasteiger partial charge in [-0.05, 0) is 63.9 Å². The van der Waals surface area contributed by atoms with E-state index in [1.54, 1.807) is 10.9 Å². The van der Waals surface area contributed by atoms with E-state index in [2.05, 4.69) is 26.4 Å². The van der Waals surface area contributed by atoms with Crippen LogP contribution in [0.5, 0.6) is 0 Å². The standard InChI is InChI=1S/C27H31N7O2/c1-27(2,3)36-26(35)31-20-9-12-34(13-10-20)24-8-7-18(15-29-24)25-21-6-5-11-28-23(21)14-22(32-25)19-16-30-33(4)17-19/h5-8,11,14-17,20H,9-10,12-13H2,1-4H3,(H,31,35). The lowest BCUT2D eigenvalue weighted by atomic mass is 10.0. The number of hydrogen-bond donors (Lipinski definition) is 1. The van der Waals surface area contributed by atoms with E-state index in [9.17, 15) is 4.79 Å². The van der Waals surface area contributed by atoms with Gasteiger partial charge in [0, 0.05) is 61.3 Å². The Kier molecular flexibility index (Phi) is 6.30. The predicted molar refractivity (Wildman–Crippen MR) is 140 cm³/mol. The summed E-state index contributed by atoms with van der Waals surface area (Å²) in [6.07, 6.45) is 8.75. The molecule has 5 heterocycles. The zero-order valence-electron chi connectivity index (χ0n) is 21.1. The molecule has 9 heteroatoms. The quantitative estimate of drug-likeness (QED) is 0.452. The smallest absolute Gasteiger partial charge is 0.407 e. The van der Waals surface area contributed by atoms with E-state index in [-0.39, 0.29) is 12.1 Å². The minimum Gasteiger partial charge on any atom is -0.444 e. The van der Waals surface area contributed by atoms with Crippen molar-refractivity contribution in [3.05, 3.63) is 55.1 Å². The van der Waals surface area contributed by atoms with Gasteiger partial charge in [-0.15, -0.1) is 0 Å². The molecule has 1 saturated heterocycles. The summed E-state index contributed by atoms with van der Waals surface area (Å²) in [6.45, 7) is 7.24. The summed E-state index contributed by atoms with van der Waals surface area (Å²) in [5, 5.41) is 8.25. The molecule has 0 aliphatic carbocycles. The fourth-order valence-corrected chi connectivity index (χ4v) is 4.44. The van der Waals surface area contributed by atoms with Crippen LogP contribution in [0.25, 0.3) is 33.4 Å². The molecular formula is C27H31N7O2. The summed E-state index contributed by atoms with van der Waals surface area (Å²) < 4.78 is 7.15. The number of ether oxygens (including phenoxy) is 1. The van der Waals surface area contributed by atoms with Gasteiger partial charge in [-0.3, -0.25) is 9.67 Å². The average molecular weight is 486 g/mol. The van der Waals surface area contributed by atoms with Crippen molar-refractivity contribution in [2.24, 2.45) is 7.05 Å². The maximum Gasteiger partial charge on any atom is 0.407 e. The number of amides is 1. The zero-order chi connectivity index (χ0) is 25.3. The number of aromatic nitrogens is 5. The summed E-state index contributed by atoms with van der Waals surface area (Å²) in [5.74, 6) is 0.917. The van der Waals surface area contributed by atoms with Gasteiger partial charge in [0.05, 0.1) is 23.1 Å². The van der Waals surface area contributed by atoms with Crippen molar-refractivity contribution in [1.29, 1.82) is 0 Å². The number of rotatable bonds is 4. The van der Waals surface area contributed by atoms with Crippen LogP contribution in [0.15, 0.2) is 55.1 Å². The highest BCUT2D eigenvalue weighted by Crippen LogP contribution is 2.31. The van der Waals surface area contributed by atoms with Crippen LogP contribution in [0.2, 0.25) is 0 Å². The fourth-order valence-electron chi connectivity index (χ4n) is 4.44. The van der Waals surface area contributed by atoms with E-state index in [4.69, 9.17) is 14.7 Å². The van der Waals surface area contributed by atoms with Gasteiger partial charge in [0.15, 0.2) is 0 Å². The highest BCUT2D eigenvalue weighted by molar-refractivity contribution is 5.94.